The molecule has 1 aliphatic rings. The summed E-state index contributed by atoms with van der Waals surface area (Å²) in [4.78, 5) is 29.9. The highest BCUT2D eigenvalue weighted by molar-refractivity contribution is 5.92. The summed E-state index contributed by atoms with van der Waals surface area (Å²) in [6.07, 6.45) is 0.774. The number of ether oxygens (including phenoxy) is 1. The molecular weight excluding hydrogens is 348 g/mol. The number of aromatic nitrogens is 2. The maximum atomic E-state index is 12.6. The first-order chi connectivity index (χ1) is 13.1. The van der Waals surface area contributed by atoms with Gasteiger partial charge in [-0.1, -0.05) is 12.1 Å². The molecule has 0 spiro atoms. The lowest BCUT2D eigenvalue weighted by Crippen LogP contribution is -2.06. The predicted molar refractivity (Wildman–Crippen MR) is 99.2 cm³/mol. The second-order valence-electron chi connectivity index (χ2n) is 6.36. The van der Waals surface area contributed by atoms with Crippen LogP contribution in [0.2, 0.25) is 0 Å². The fourth-order valence-corrected chi connectivity index (χ4v) is 3.48. The number of rotatable bonds is 2. The highest BCUT2D eigenvalue weighted by atomic mass is 16.5. The molecule has 0 saturated heterocycles. The first-order valence-electron chi connectivity index (χ1n) is 8.45. The summed E-state index contributed by atoms with van der Waals surface area (Å²) in [6, 6.07) is 12.2. The molecule has 0 radical (unpaired) electrons. The van der Waals surface area contributed by atoms with Crippen molar-refractivity contribution in [3.8, 4) is 34.0 Å². The van der Waals surface area contributed by atoms with Gasteiger partial charge in [0.15, 0.2) is 0 Å². The second-order valence-corrected chi connectivity index (χ2v) is 6.36. The topological polar surface area (TPSA) is 108 Å². The molecule has 0 unspecified atom stereocenters. The number of fused-ring (bicyclic) bond motifs is 2. The molecular formula is C20H14N2O5. The van der Waals surface area contributed by atoms with E-state index in [2.05, 4.69) is 9.97 Å². The summed E-state index contributed by atoms with van der Waals surface area (Å²) in [7, 11) is 0. The van der Waals surface area contributed by atoms with Gasteiger partial charge in [-0.15, -0.1) is 0 Å². The van der Waals surface area contributed by atoms with Crippen molar-refractivity contribution in [3.05, 3.63) is 68.9 Å². The molecule has 134 valence electrons. The number of H-pyrrole nitrogens is 2. The molecule has 27 heavy (non-hydrogen) atoms. The highest BCUT2D eigenvalue weighted by Gasteiger charge is 2.23. The van der Waals surface area contributed by atoms with E-state index in [1.165, 1.54) is 0 Å². The first kappa shape index (κ1) is 15.5. The Balaban J connectivity index is 1.78. The van der Waals surface area contributed by atoms with Crippen molar-refractivity contribution in [1.29, 1.82) is 0 Å². The number of benzene rings is 2. The van der Waals surface area contributed by atoms with E-state index in [0.29, 0.717) is 23.3 Å². The summed E-state index contributed by atoms with van der Waals surface area (Å²) < 4.78 is 10.8. The van der Waals surface area contributed by atoms with Gasteiger partial charge in [0.2, 0.25) is 0 Å². The van der Waals surface area contributed by atoms with Crippen molar-refractivity contribution in [3.63, 3.8) is 0 Å². The van der Waals surface area contributed by atoms with Crippen LogP contribution in [0.25, 0.3) is 33.5 Å². The minimum absolute atomic E-state index is 0.0844. The number of hydrogen-bond acceptors (Lipinski definition) is 5. The van der Waals surface area contributed by atoms with Gasteiger partial charge in [-0.05, 0) is 35.9 Å². The van der Waals surface area contributed by atoms with Crippen molar-refractivity contribution in [2.24, 2.45) is 0 Å². The number of aromatic amines is 2. The SMILES string of the molecule is O=c1[nH]c(-c2ccc3c(c2)CCO3)c(-c2c(O)c3ccccc3oc2=O)[nH]1. The lowest BCUT2D eigenvalue weighted by molar-refractivity contribution is 0.357. The van der Waals surface area contributed by atoms with E-state index in [1.54, 1.807) is 30.3 Å². The number of hydrogen-bond donors (Lipinski definition) is 3. The van der Waals surface area contributed by atoms with Crippen LogP contribution in [0.1, 0.15) is 5.56 Å². The first-order valence-corrected chi connectivity index (χ1v) is 8.45. The molecule has 2 aromatic heterocycles. The van der Waals surface area contributed by atoms with E-state index in [0.717, 1.165) is 17.7 Å². The molecule has 0 fully saturated rings. The molecule has 0 bridgehead atoms. The third-order valence-electron chi connectivity index (χ3n) is 4.74. The summed E-state index contributed by atoms with van der Waals surface area (Å²) in [6.45, 7) is 0.615. The van der Waals surface area contributed by atoms with E-state index in [-0.39, 0.29) is 22.6 Å². The maximum Gasteiger partial charge on any atom is 0.349 e. The normalized spacial score (nSPS) is 12.9. The van der Waals surface area contributed by atoms with Crippen LogP contribution in [0.15, 0.2) is 56.5 Å². The molecule has 7 nitrogen and oxygen atoms in total. The molecule has 5 rings (SSSR count). The van der Waals surface area contributed by atoms with Gasteiger partial charge in [-0.25, -0.2) is 9.59 Å². The van der Waals surface area contributed by atoms with Crippen LogP contribution in [-0.2, 0) is 6.42 Å². The zero-order valence-corrected chi connectivity index (χ0v) is 14.0. The smallest absolute Gasteiger partial charge is 0.349 e. The van der Waals surface area contributed by atoms with E-state index < -0.39 is 11.3 Å². The van der Waals surface area contributed by atoms with Crippen LogP contribution in [-0.4, -0.2) is 21.7 Å². The molecule has 3 N–H and O–H groups in total. The summed E-state index contributed by atoms with van der Waals surface area (Å²) in [5.41, 5.74) is 1.31. The number of imidazole rings is 1. The van der Waals surface area contributed by atoms with E-state index in [9.17, 15) is 14.7 Å². The summed E-state index contributed by atoms with van der Waals surface area (Å²) >= 11 is 0. The van der Waals surface area contributed by atoms with Crippen LogP contribution in [0.5, 0.6) is 11.5 Å². The van der Waals surface area contributed by atoms with Crippen molar-refractivity contribution in [2.75, 3.05) is 6.61 Å². The monoisotopic (exact) mass is 362 g/mol. The zero-order valence-electron chi connectivity index (χ0n) is 14.0. The molecule has 4 aromatic rings. The number of aromatic hydroxyl groups is 1. The third kappa shape index (κ3) is 2.36. The van der Waals surface area contributed by atoms with Gasteiger partial charge >= 0.3 is 11.3 Å². The highest BCUT2D eigenvalue weighted by Crippen LogP contribution is 2.37. The summed E-state index contributed by atoms with van der Waals surface area (Å²) in [5, 5.41) is 11.1. The Kier molecular flexibility index (Phi) is 3.24. The second kappa shape index (κ2) is 5.63. The lowest BCUT2D eigenvalue weighted by Gasteiger charge is -2.08. The molecule has 7 heteroatoms. The number of para-hydroxylation sites is 1. The average Bonchev–Trinajstić information content (AvgIpc) is 3.27. The van der Waals surface area contributed by atoms with Gasteiger partial charge in [0.05, 0.1) is 23.4 Å². The maximum absolute atomic E-state index is 12.6. The molecule has 1 aliphatic heterocycles. The van der Waals surface area contributed by atoms with E-state index in [1.807, 2.05) is 12.1 Å². The van der Waals surface area contributed by atoms with Crippen LogP contribution in [0.4, 0.5) is 0 Å². The van der Waals surface area contributed by atoms with Crippen LogP contribution >= 0.6 is 0 Å². The largest absolute Gasteiger partial charge is 0.506 e. The van der Waals surface area contributed by atoms with Gasteiger partial charge in [-0.2, -0.15) is 0 Å². The standard InChI is InChI=1S/C20H14N2O5/c23-18-12-3-1-2-4-14(12)27-19(24)15(18)17-16(21-20(25)22-17)11-5-6-13-10(9-11)7-8-26-13/h1-6,9,23H,7-8H2,(H2,21,22,25). The quantitative estimate of drug-likeness (QED) is 0.475. The molecule has 0 atom stereocenters. The van der Waals surface area contributed by atoms with Gasteiger partial charge in [0.1, 0.15) is 22.6 Å². The van der Waals surface area contributed by atoms with Crippen LogP contribution < -0.4 is 16.1 Å². The number of nitrogens with one attached hydrogen (secondary N) is 2. The van der Waals surface area contributed by atoms with E-state index in [4.69, 9.17) is 9.15 Å². The Morgan fingerprint density at radius 3 is 2.70 bits per heavy atom. The predicted octanol–water partition coefficient (Wildman–Crippen LogP) is 2.78. The van der Waals surface area contributed by atoms with Gasteiger partial charge < -0.3 is 24.2 Å². The average molecular weight is 362 g/mol. The lowest BCUT2D eigenvalue weighted by atomic mass is 10.0. The molecule has 2 aromatic carbocycles. The molecule has 0 amide bonds. The van der Waals surface area contributed by atoms with Crippen molar-refractivity contribution in [2.45, 2.75) is 6.42 Å². The van der Waals surface area contributed by atoms with Crippen molar-refractivity contribution in [1.82, 2.24) is 9.97 Å². The Morgan fingerprint density at radius 1 is 1.00 bits per heavy atom. The van der Waals surface area contributed by atoms with Gasteiger partial charge in [0, 0.05) is 12.0 Å². The summed E-state index contributed by atoms with van der Waals surface area (Å²) in [5.74, 6) is 0.578. The van der Waals surface area contributed by atoms with Crippen molar-refractivity contribution < 1.29 is 14.3 Å². The minimum atomic E-state index is -0.729. The van der Waals surface area contributed by atoms with Crippen molar-refractivity contribution >= 4 is 11.0 Å². The van der Waals surface area contributed by atoms with Crippen LogP contribution in [0.3, 0.4) is 0 Å². The Morgan fingerprint density at radius 2 is 1.81 bits per heavy atom. The Bertz CT molecular complexity index is 1310. The van der Waals surface area contributed by atoms with Gasteiger partial charge in [-0.3, -0.25) is 0 Å². The zero-order chi connectivity index (χ0) is 18.5. The van der Waals surface area contributed by atoms with Gasteiger partial charge in [0.25, 0.3) is 0 Å². The fraction of sp³-hybridized carbons (Fsp3) is 0.100. The molecule has 0 saturated carbocycles. The Labute approximate surface area is 151 Å². The fourth-order valence-electron chi connectivity index (χ4n) is 3.48. The molecule has 0 aliphatic carbocycles. The Hall–Kier alpha value is -3.74. The molecule has 3 heterocycles. The minimum Gasteiger partial charge on any atom is -0.506 e. The van der Waals surface area contributed by atoms with Crippen LogP contribution in [0, 0.1) is 0 Å². The third-order valence-corrected chi connectivity index (χ3v) is 4.74. The van der Waals surface area contributed by atoms with E-state index >= 15 is 0 Å².